The smallest absolute Gasteiger partial charge is 0.241 e. The second kappa shape index (κ2) is 5.45. The van der Waals surface area contributed by atoms with Gasteiger partial charge < -0.3 is 9.84 Å². The molecule has 1 aliphatic heterocycles. The van der Waals surface area contributed by atoms with E-state index in [0.717, 1.165) is 30.6 Å². The van der Waals surface area contributed by atoms with Crippen LogP contribution in [0.1, 0.15) is 23.7 Å². The lowest BCUT2D eigenvalue weighted by molar-refractivity contribution is 0.372. The van der Waals surface area contributed by atoms with E-state index in [1.165, 1.54) is 0 Å². The van der Waals surface area contributed by atoms with E-state index in [0.29, 0.717) is 5.82 Å². The van der Waals surface area contributed by atoms with Crippen molar-refractivity contribution in [3.05, 3.63) is 35.5 Å². The van der Waals surface area contributed by atoms with Crippen LogP contribution < -0.4 is 10.0 Å². The number of hydrogen-bond acceptors (Lipinski definition) is 6. The van der Waals surface area contributed by atoms with Crippen molar-refractivity contribution in [3.8, 4) is 0 Å². The molecule has 112 valence electrons. The first-order valence-electron chi connectivity index (χ1n) is 6.70. The van der Waals surface area contributed by atoms with Crippen molar-refractivity contribution in [3.63, 3.8) is 0 Å². The molecule has 1 aliphatic rings. The van der Waals surface area contributed by atoms with Gasteiger partial charge in [-0.05, 0) is 43.5 Å². The maximum atomic E-state index is 12.3. The molecule has 21 heavy (non-hydrogen) atoms. The van der Waals surface area contributed by atoms with Crippen molar-refractivity contribution >= 4 is 15.7 Å². The molecule has 0 radical (unpaired) electrons. The highest BCUT2D eigenvalue weighted by molar-refractivity contribution is 7.89. The van der Waals surface area contributed by atoms with Crippen molar-refractivity contribution in [2.24, 2.45) is 0 Å². The van der Waals surface area contributed by atoms with Crippen molar-refractivity contribution < 1.29 is 12.9 Å². The van der Waals surface area contributed by atoms with Gasteiger partial charge in [-0.3, -0.25) is 0 Å². The minimum absolute atomic E-state index is 0.0154. The predicted molar refractivity (Wildman–Crippen MR) is 76.3 cm³/mol. The number of hydrogen-bond donors (Lipinski definition) is 2. The minimum atomic E-state index is -3.59. The standard InChI is InChI=1S/C13H16N4O3S/c1-9-16-13(20-17-9)8-15-21(18,19)11-4-5-12-10(7-11)3-2-6-14-12/h4-5,7,14-15H,2-3,6,8H2,1H3. The van der Waals surface area contributed by atoms with Crippen molar-refractivity contribution in [2.45, 2.75) is 31.2 Å². The first-order valence-corrected chi connectivity index (χ1v) is 8.18. The van der Waals surface area contributed by atoms with E-state index in [-0.39, 0.29) is 17.3 Å². The number of rotatable bonds is 4. The summed E-state index contributed by atoms with van der Waals surface area (Å²) < 4.78 is 31.9. The monoisotopic (exact) mass is 308 g/mol. The van der Waals surface area contributed by atoms with E-state index in [9.17, 15) is 8.42 Å². The Bertz CT molecular complexity index is 755. The van der Waals surface area contributed by atoms with Gasteiger partial charge in [-0.25, -0.2) is 13.1 Å². The number of benzene rings is 1. The number of fused-ring (bicyclic) bond motifs is 1. The summed E-state index contributed by atoms with van der Waals surface area (Å²) in [4.78, 5) is 4.21. The summed E-state index contributed by atoms with van der Waals surface area (Å²) in [5.74, 6) is 0.722. The molecular formula is C13H16N4O3S. The van der Waals surface area contributed by atoms with Crippen LogP contribution in [-0.4, -0.2) is 25.1 Å². The number of anilines is 1. The number of aryl methyl sites for hydroxylation is 2. The molecule has 0 fully saturated rings. The highest BCUT2D eigenvalue weighted by Crippen LogP contribution is 2.24. The first-order chi connectivity index (χ1) is 10.0. The molecule has 2 N–H and O–H groups in total. The third-order valence-electron chi connectivity index (χ3n) is 3.31. The normalized spacial score (nSPS) is 14.5. The van der Waals surface area contributed by atoms with Gasteiger partial charge in [0.15, 0.2) is 5.82 Å². The molecule has 1 aromatic carbocycles. The molecule has 0 bridgehead atoms. The third kappa shape index (κ3) is 3.06. The Balaban J connectivity index is 1.78. The molecule has 3 rings (SSSR count). The summed E-state index contributed by atoms with van der Waals surface area (Å²) in [6.07, 6.45) is 1.89. The van der Waals surface area contributed by atoms with Crippen LogP contribution in [0.4, 0.5) is 5.69 Å². The summed E-state index contributed by atoms with van der Waals surface area (Å²) in [6.45, 7) is 2.59. The summed E-state index contributed by atoms with van der Waals surface area (Å²) in [6, 6.07) is 5.11. The average molecular weight is 308 g/mol. The van der Waals surface area contributed by atoms with Crippen molar-refractivity contribution in [2.75, 3.05) is 11.9 Å². The molecule has 1 aromatic heterocycles. The van der Waals surface area contributed by atoms with Crippen molar-refractivity contribution in [1.29, 1.82) is 0 Å². The van der Waals surface area contributed by atoms with Gasteiger partial charge in [0.1, 0.15) is 0 Å². The maximum Gasteiger partial charge on any atom is 0.241 e. The molecule has 0 saturated heterocycles. The third-order valence-corrected chi connectivity index (χ3v) is 4.71. The van der Waals surface area contributed by atoms with E-state index in [4.69, 9.17) is 4.52 Å². The SMILES string of the molecule is Cc1noc(CNS(=O)(=O)c2ccc3c(c2)CCCN3)n1. The van der Waals surface area contributed by atoms with E-state index >= 15 is 0 Å². The first kappa shape index (κ1) is 14.0. The van der Waals surface area contributed by atoms with E-state index in [2.05, 4.69) is 20.2 Å². The zero-order chi connectivity index (χ0) is 14.9. The van der Waals surface area contributed by atoms with E-state index < -0.39 is 10.0 Å². The summed E-state index contributed by atoms with van der Waals surface area (Å²) in [5, 5.41) is 6.87. The molecule has 2 aromatic rings. The molecule has 2 heterocycles. The molecule has 0 saturated carbocycles. The molecular weight excluding hydrogens is 292 g/mol. The predicted octanol–water partition coefficient (Wildman–Crippen LogP) is 1.21. The van der Waals surface area contributed by atoms with Gasteiger partial charge in [0.05, 0.1) is 11.4 Å². The minimum Gasteiger partial charge on any atom is -0.385 e. The van der Waals surface area contributed by atoms with Crippen LogP contribution >= 0.6 is 0 Å². The van der Waals surface area contributed by atoms with Crippen LogP contribution in [0.2, 0.25) is 0 Å². The number of nitrogens with zero attached hydrogens (tertiary/aromatic N) is 2. The Kier molecular flexibility index (Phi) is 3.64. The van der Waals surface area contributed by atoms with Gasteiger partial charge in [0, 0.05) is 12.2 Å². The Morgan fingerprint density at radius 1 is 1.43 bits per heavy atom. The zero-order valence-electron chi connectivity index (χ0n) is 11.6. The zero-order valence-corrected chi connectivity index (χ0v) is 12.4. The van der Waals surface area contributed by atoms with Crippen LogP contribution in [0.25, 0.3) is 0 Å². The molecule has 8 heteroatoms. The number of aromatic nitrogens is 2. The van der Waals surface area contributed by atoms with Crippen molar-refractivity contribution in [1.82, 2.24) is 14.9 Å². The quantitative estimate of drug-likeness (QED) is 0.881. The summed E-state index contributed by atoms with van der Waals surface area (Å²) in [7, 11) is -3.59. The van der Waals surface area contributed by atoms with Crippen LogP contribution in [0.3, 0.4) is 0 Å². The van der Waals surface area contributed by atoms with Crippen LogP contribution in [0.5, 0.6) is 0 Å². The van der Waals surface area contributed by atoms with Gasteiger partial charge in [-0.1, -0.05) is 5.16 Å². The van der Waals surface area contributed by atoms with Crippen LogP contribution in [-0.2, 0) is 23.0 Å². The summed E-state index contributed by atoms with van der Waals surface area (Å²) in [5.41, 5.74) is 2.03. The average Bonchev–Trinajstić information content (AvgIpc) is 2.90. The Morgan fingerprint density at radius 2 is 2.29 bits per heavy atom. The van der Waals surface area contributed by atoms with E-state index in [1.54, 1.807) is 25.1 Å². The highest BCUT2D eigenvalue weighted by Gasteiger charge is 2.18. The second-order valence-corrected chi connectivity index (χ2v) is 6.68. The van der Waals surface area contributed by atoms with Crippen LogP contribution in [0, 0.1) is 6.92 Å². The maximum absolute atomic E-state index is 12.3. The van der Waals surface area contributed by atoms with Gasteiger partial charge in [-0.15, -0.1) is 0 Å². The highest BCUT2D eigenvalue weighted by atomic mass is 32.2. The van der Waals surface area contributed by atoms with Gasteiger partial charge in [0.2, 0.25) is 15.9 Å². The van der Waals surface area contributed by atoms with Gasteiger partial charge in [0.25, 0.3) is 0 Å². The fourth-order valence-electron chi connectivity index (χ4n) is 2.27. The Labute approximate surface area is 122 Å². The lowest BCUT2D eigenvalue weighted by Crippen LogP contribution is -2.24. The fraction of sp³-hybridized carbons (Fsp3) is 0.385. The molecule has 7 nitrogen and oxygen atoms in total. The van der Waals surface area contributed by atoms with Gasteiger partial charge >= 0.3 is 0 Å². The Morgan fingerprint density at radius 3 is 3.05 bits per heavy atom. The molecule has 0 unspecified atom stereocenters. The number of sulfonamides is 1. The molecule has 0 atom stereocenters. The molecule has 0 amide bonds. The second-order valence-electron chi connectivity index (χ2n) is 4.91. The summed E-state index contributed by atoms with van der Waals surface area (Å²) >= 11 is 0. The lowest BCUT2D eigenvalue weighted by atomic mass is 10.0. The molecule has 0 aliphatic carbocycles. The van der Waals surface area contributed by atoms with Crippen LogP contribution in [0.15, 0.2) is 27.6 Å². The molecule has 0 spiro atoms. The lowest BCUT2D eigenvalue weighted by Gasteiger charge is -2.18. The van der Waals surface area contributed by atoms with Gasteiger partial charge in [-0.2, -0.15) is 4.98 Å². The Hall–Kier alpha value is -1.93. The fourth-order valence-corrected chi connectivity index (χ4v) is 3.30. The topological polar surface area (TPSA) is 97.1 Å². The van der Waals surface area contributed by atoms with E-state index in [1.807, 2.05) is 0 Å². The number of nitrogens with one attached hydrogen (secondary N) is 2. The largest absolute Gasteiger partial charge is 0.385 e.